The number of hydrogen-bond acceptors (Lipinski definition) is 4. The van der Waals surface area contributed by atoms with Crippen molar-refractivity contribution in [1.29, 1.82) is 0 Å². The van der Waals surface area contributed by atoms with Crippen molar-refractivity contribution in [3.8, 4) is 0 Å². The number of urea groups is 1. The Morgan fingerprint density at radius 2 is 1.79 bits per heavy atom. The maximum Gasteiger partial charge on any atom is 0.337 e. The van der Waals surface area contributed by atoms with Crippen molar-refractivity contribution in [3.05, 3.63) is 59.2 Å². The summed E-state index contributed by atoms with van der Waals surface area (Å²) in [6.45, 7) is 7.22. The summed E-state index contributed by atoms with van der Waals surface area (Å²) >= 11 is 0. The van der Waals surface area contributed by atoms with Gasteiger partial charge in [-0.3, -0.25) is 0 Å². The van der Waals surface area contributed by atoms with Crippen LogP contribution in [0, 0.1) is 6.92 Å². The lowest BCUT2D eigenvalue weighted by molar-refractivity contribution is 0.0600. The van der Waals surface area contributed by atoms with E-state index in [1.807, 2.05) is 4.90 Å². The number of nitrogens with zero attached hydrogens (tertiary/aromatic N) is 2. The van der Waals surface area contributed by atoms with Crippen molar-refractivity contribution in [2.75, 3.05) is 43.5 Å². The molecule has 1 saturated heterocycles. The van der Waals surface area contributed by atoms with Crippen LogP contribution in [0.1, 0.15) is 28.4 Å². The van der Waals surface area contributed by atoms with Gasteiger partial charge >= 0.3 is 12.0 Å². The van der Waals surface area contributed by atoms with Gasteiger partial charge in [-0.1, -0.05) is 31.2 Å². The van der Waals surface area contributed by atoms with Crippen LogP contribution < -0.4 is 10.2 Å². The normalized spacial score (nSPS) is 14.0. The van der Waals surface area contributed by atoms with Gasteiger partial charge in [0.25, 0.3) is 0 Å². The van der Waals surface area contributed by atoms with Gasteiger partial charge in [-0.15, -0.1) is 0 Å². The molecule has 0 radical (unpaired) electrons. The average Bonchev–Trinajstić information content (AvgIpc) is 2.73. The Kier molecular flexibility index (Phi) is 6.19. The molecule has 0 unspecified atom stereocenters. The van der Waals surface area contributed by atoms with Crippen LogP contribution in [0.2, 0.25) is 0 Å². The Hall–Kier alpha value is -3.02. The minimum atomic E-state index is -0.422. The zero-order chi connectivity index (χ0) is 20.1. The molecule has 0 saturated carbocycles. The number of hydrogen-bond donors (Lipinski definition) is 1. The third kappa shape index (κ3) is 4.27. The van der Waals surface area contributed by atoms with E-state index in [9.17, 15) is 9.59 Å². The first-order chi connectivity index (χ1) is 13.5. The van der Waals surface area contributed by atoms with E-state index in [0.717, 1.165) is 19.5 Å². The molecule has 0 spiro atoms. The SMILES string of the molecule is CCc1cccc(C)c1N1CCN(C(=O)Nc2cccc(C(=O)OC)c2)CC1. The van der Waals surface area contributed by atoms with E-state index in [1.165, 1.54) is 23.9 Å². The molecule has 1 N–H and O–H groups in total. The number of ether oxygens (including phenoxy) is 1. The molecule has 2 aromatic rings. The van der Waals surface area contributed by atoms with E-state index in [-0.39, 0.29) is 6.03 Å². The summed E-state index contributed by atoms with van der Waals surface area (Å²) in [4.78, 5) is 28.5. The summed E-state index contributed by atoms with van der Waals surface area (Å²) in [6, 6.07) is 13.0. The first-order valence-electron chi connectivity index (χ1n) is 9.61. The lowest BCUT2D eigenvalue weighted by Gasteiger charge is -2.37. The number of carbonyl (C=O) groups is 2. The van der Waals surface area contributed by atoms with Crippen LogP contribution in [0.3, 0.4) is 0 Å². The molecule has 1 aliphatic heterocycles. The van der Waals surface area contributed by atoms with Crippen LogP contribution in [0.25, 0.3) is 0 Å². The Morgan fingerprint density at radius 1 is 1.07 bits per heavy atom. The van der Waals surface area contributed by atoms with Gasteiger partial charge in [-0.25, -0.2) is 9.59 Å². The highest BCUT2D eigenvalue weighted by Gasteiger charge is 2.23. The molecule has 28 heavy (non-hydrogen) atoms. The minimum Gasteiger partial charge on any atom is -0.465 e. The smallest absolute Gasteiger partial charge is 0.337 e. The predicted molar refractivity (Wildman–Crippen MR) is 111 cm³/mol. The maximum atomic E-state index is 12.6. The summed E-state index contributed by atoms with van der Waals surface area (Å²) < 4.78 is 4.73. The topological polar surface area (TPSA) is 61.9 Å². The lowest BCUT2D eigenvalue weighted by atomic mass is 10.0. The molecule has 6 heteroatoms. The molecular weight excluding hydrogens is 354 g/mol. The fourth-order valence-corrected chi connectivity index (χ4v) is 3.63. The Balaban J connectivity index is 1.63. The number of aryl methyl sites for hydroxylation is 2. The highest BCUT2D eigenvalue weighted by molar-refractivity contribution is 5.94. The van der Waals surface area contributed by atoms with Crippen molar-refractivity contribution in [1.82, 2.24) is 4.90 Å². The van der Waals surface area contributed by atoms with Crippen LogP contribution in [-0.4, -0.2) is 50.2 Å². The van der Waals surface area contributed by atoms with Crippen LogP contribution in [-0.2, 0) is 11.2 Å². The van der Waals surface area contributed by atoms with Gasteiger partial charge in [0.2, 0.25) is 0 Å². The number of carbonyl (C=O) groups excluding carboxylic acids is 2. The summed E-state index contributed by atoms with van der Waals surface area (Å²) in [6.07, 6.45) is 0.994. The van der Waals surface area contributed by atoms with Gasteiger partial charge in [-0.05, 0) is 42.7 Å². The van der Waals surface area contributed by atoms with Crippen LogP contribution in [0.4, 0.5) is 16.2 Å². The number of methoxy groups -OCH3 is 1. The van der Waals surface area contributed by atoms with Crippen LogP contribution in [0.5, 0.6) is 0 Å². The fraction of sp³-hybridized carbons (Fsp3) is 0.364. The molecule has 0 atom stereocenters. The number of nitrogens with one attached hydrogen (secondary N) is 1. The fourth-order valence-electron chi connectivity index (χ4n) is 3.63. The Morgan fingerprint density at radius 3 is 2.46 bits per heavy atom. The van der Waals surface area contributed by atoms with Gasteiger partial charge in [0.15, 0.2) is 0 Å². The zero-order valence-electron chi connectivity index (χ0n) is 16.7. The lowest BCUT2D eigenvalue weighted by Crippen LogP contribution is -2.50. The molecule has 3 rings (SSSR count). The maximum absolute atomic E-state index is 12.6. The zero-order valence-corrected chi connectivity index (χ0v) is 16.7. The largest absolute Gasteiger partial charge is 0.465 e. The second-order valence-corrected chi connectivity index (χ2v) is 6.91. The van der Waals surface area contributed by atoms with E-state index in [4.69, 9.17) is 4.74 Å². The van der Waals surface area contributed by atoms with Gasteiger partial charge in [-0.2, -0.15) is 0 Å². The summed E-state index contributed by atoms with van der Waals surface area (Å²) in [5.74, 6) is -0.422. The van der Waals surface area contributed by atoms with Crippen molar-refractivity contribution in [2.45, 2.75) is 20.3 Å². The number of rotatable bonds is 4. The average molecular weight is 381 g/mol. The Bertz CT molecular complexity index is 858. The molecular formula is C22H27N3O3. The predicted octanol–water partition coefficient (Wildman–Crippen LogP) is 3.70. The van der Waals surface area contributed by atoms with E-state index in [0.29, 0.717) is 24.3 Å². The molecule has 2 aromatic carbocycles. The van der Waals surface area contributed by atoms with Gasteiger partial charge in [0.05, 0.1) is 12.7 Å². The van der Waals surface area contributed by atoms with Crippen LogP contribution in [0.15, 0.2) is 42.5 Å². The molecule has 1 aliphatic rings. The van der Waals surface area contributed by atoms with E-state index < -0.39 is 5.97 Å². The Labute approximate surface area is 166 Å². The number of para-hydroxylation sites is 1. The number of benzene rings is 2. The summed E-state index contributed by atoms with van der Waals surface area (Å²) in [5, 5.41) is 2.88. The standard InChI is InChI=1S/C22H27N3O3/c1-4-17-8-5-7-16(2)20(17)24-11-13-25(14-12-24)22(27)23-19-10-6-9-18(15-19)21(26)28-3/h5-10,15H,4,11-14H2,1-3H3,(H,23,27). The van der Waals surface area contributed by atoms with Crippen LogP contribution >= 0.6 is 0 Å². The highest BCUT2D eigenvalue weighted by atomic mass is 16.5. The quantitative estimate of drug-likeness (QED) is 0.821. The molecule has 1 heterocycles. The van der Waals surface area contributed by atoms with E-state index in [1.54, 1.807) is 24.3 Å². The number of anilines is 2. The van der Waals surface area contributed by atoms with Gasteiger partial charge in [0.1, 0.15) is 0 Å². The van der Waals surface area contributed by atoms with Gasteiger partial charge < -0.3 is 19.9 Å². The van der Waals surface area contributed by atoms with Crippen molar-refractivity contribution >= 4 is 23.4 Å². The van der Waals surface area contributed by atoms with Gasteiger partial charge in [0, 0.05) is 37.6 Å². The second kappa shape index (κ2) is 8.78. The van der Waals surface area contributed by atoms with Crippen molar-refractivity contribution in [3.63, 3.8) is 0 Å². The number of amides is 2. The highest BCUT2D eigenvalue weighted by Crippen LogP contribution is 2.27. The third-order valence-corrected chi connectivity index (χ3v) is 5.12. The number of esters is 1. The first-order valence-corrected chi connectivity index (χ1v) is 9.61. The molecule has 1 fully saturated rings. The molecule has 6 nitrogen and oxygen atoms in total. The molecule has 2 amide bonds. The first kappa shape index (κ1) is 19.7. The van der Waals surface area contributed by atoms with E-state index >= 15 is 0 Å². The number of piperazine rings is 1. The third-order valence-electron chi connectivity index (χ3n) is 5.12. The monoisotopic (exact) mass is 381 g/mol. The molecule has 148 valence electrons. The summed E-state index contributed by atoms with van der Waals surface area (Å²) in [7, 11) is 1.34. The van der Waals surface area contributed by atoms with E-state index in [2.05, 4.69) is 42.3 Å². The minimum absolute atomic E-state index is 0.151. The molecule has 0 bridgehead atoms. The molecule has 0 aliphatic carbocycles. The summed E-state index contributed by atoms with van der Waals surface area (Å²) in [5.41, 5.74) is 4.92. The van der Waals surface area contributed by atoms with Crippen molar-refractivity contribution in [2.24, 2.45) is 0 Å². The van der Waals surface area contributed by atoms with Crippen molar-refractivity contribution < 1.29 is 14.3 Å². The second-order valence-electron chi connectivity index (χ2n) is 6.91. The molecule has 0 aromatic heterocycles.